The third kappa shape index (κ3) is 7.45. The molecule has 0 atom stereocenters. The van der Waals surface area contributed by atoms with Gasteiger partial charge < -0.3 is 4.74 Å². The topological polar surface area (TPSA) is 9.23 Å². The highest BCUT2D eigenvalue weighted by Gasteiger charge is 2.31. The van der Waals surface area contributed by atoms with Crippen molar-refractivity contribution in [1.29, 1.82) is 0 Å². The molecule has 0 saturated heterocycles. The summed E-state index contributed by atoms with van der Waals surface area (Å²) in [6.45, 7) is 5.08. The Balaban J connectivity index is 1.18. The zero-order valence-electron chi connectivity index (χ0n) is 22.5. The van der Waals surface area contributed by atoms with Crippen molar-refractivity contribution in [2.75, 3.05) is 6.61 Å². The monoisotopic (exact) mass is 488 g/mol. The average Bonchev–Trinajstić information content (AvgIpc) is 2.90. The van der Waals surface area contributed by atoms with Gasteiger partial charge in [0, 0.05) is 0 Å². The number of hydrogen-bond donors (Lipinski definition) is 0. The molecule has 0 radical (unpaired) electrons. The van der Waals surface area contributed by atoms with Crippen LogP contribution in [-0.4, -0.2) is 6.61 Å². The molecular formula is C32H50F2O. The standard InChI is InChI=1S/C32H50F2O/c1-3-5-24-10-15-27(16-11-24)28-17-12-25(13-18-28)14-19-29-20-21-30(32(34)31(29)33)35-22-26-8-6-23(4-2)7-9-26/h20-21,23-28H,3-19,22H2,1-2H3/t23-,24-,25-,26-,27-,28-. The van der Waals surface area contributed by atoms with Crippen molar-refractivity contribution >= 4 is 0 Å². The summed E-state index contributed by atoms with van der Waals surface area (Å²) in [5.74, 6) is 3.45. The van der Waals surface area contributed by atoms with Gasteiger partial charge >= 0.3 is 0 Å². The van der Waals surface area contributed by atoms with E-state index in [1.807, 2.05) is 0 Å². The van der Waals surface area contributed by atoms with Crippen molar-refractivity contribution in [3.8, 4) is 5.75 Å². The van der Waals surface area contributed by atoms with Gasteiger partial charge in [0.15, 0.2) is 11.6 Å². The number of aryl methyl sites for hydroxylation is 1. The van der Waals surface area contributed by atoms with Crippen LogP contribution in [0.15, 0.2) is 12.1 Å². The Hall–Kier alpha value is -1.12. The quantitative estimate of drug-likeness (QED) is 0.318. The van der Waals surface area contributed by atoms with E-state index in [2.05, 4.69) is 13.8 Å². The third-order valence-corrected chi connectivity index (χ3v) is 10.1. The fraction of sp³-hybridized carbons (Fsp3) is 0.812. The summed E-state index contributed by atoms with van der Waals surface area (Å²) in [5.41, 5.74) is 0.523. The maximum atomic E-state index is 14.8. The van der Waals surface area contributed by atoms with E-state index in [0.717, 1.165) is 42.9 Å². The van der Waals surface area contributed by atoms with Crippen LogP contribution in [0.1, 0.15) is 122 Å². The molecule has 0 amide bonds. The molecule has 3 aliphatic rings. The normalized spacial score (nSPS) is 31.9. The van der Waals surface area contributed by atoms with E-state index in [1.54, 1.807) is 12.1 Å². The van der Waals surface area contributed by atoms with E-state index in [0.29, 0.717) is 30.4 Å². The molecule has 35 heavy (non-hydrogen) atoms. The lowest BCUT2D eigenvalue weighted by atomic mass is 9.68. The van der Waals surface area contributed by atoms with E-state index < -0.39 is 11.6 Å². The molecule has 0 spiro atoms. The van der Waals surface area contributed by atoms with Gasteiger partial charge in [-0.05, 0) is 98.5 Å². The fourth-order valence-corrected chi connectivity index (χ4v) is 7.55. The van der Waals surface area contributed by atoms with E-state index in [-0.39, 0.29) is 5.75 Å². The first kappa shape index (κ1) is 26.9. The van der Waals surface area contributed by atoms with E-state index in [9.17, 15) is 8.78 Å². The lowest BCUT2D eigenvalue weighted by Crippen LogP contribution is -2.26. The SMILES string of the molecule is CCC[C@H]1CC[C@H]([C@H]2CC[C@H](CCc3ccc(OC[C@H]4CC[C@H](CC)CC4)c(F)c3F)CC2)CC1. The summed E-state index contributed by atoms with van der Waals surface area (Å²) >= 11 is 0. The zero-order valence-corrected chi connectivity index (χ0v) is 22.5. The second-order valence-electron chi connectivity index (χ2n) is 12.3. The van der Waals surface area contributed by atoms with Crippen molar-refractivity contribution in [3.05, 3.63) is 29.3 Å². The van der Waals surface area contributed by atoms with Gasteiger partial charge in [-0.2, -0.15) is 4.39 Å². The first-order chi connectivity index (χ1) is 17.1. The molecule has 0 bridgehead atoms. The molecule has 4 rings (SSSR count). The highest BCUT2D eigenvalue weighted by molar-refractivity contribution is 5.31. The summed E-state index contributed by atoms with van der Waals surface area (Å²) < 4.78 is 35.3. The van der Waals surface area contributed by atoms with Gasteiger partial charge in [-0.15, -0.1) is 0 Å². The van der Waals surface area contributed by atoms with Crippen LogP contribution in [0.3, 0.4) is 0 Å². The molecule has 3 heteroatoms. The van der Waals surface area contributed by atoms with Gasteiger partial charge in [-0.25, -0.2) is 4.39 Å². The third-order valence-electron chi connectivity index (χ3n) is 10.1. The Morgan fingerprint density at radius 1 is 0.657 bits per heavy atom. The molecule has 1 nitrogen and oxygen atoms in total. The highest BCUT2D eigenvalue weighted by atomic mass is 19.2. The number of ether oxygens (including phenoxy) is 1. The molecule has 0 aliphatic heterocycles. The van der Waals surface area contributed by atoms with Crippen LogP contribution in [0.4, 0.5) is 8.78 Å². The highest BCUT2D eigenvalue weighted by Crippen LogP contribution is 2.43. The number of rotatable bonds is 10. The summed E-state index contributed by atoms with van der Waals surface area (Å²) in [5, 5.41) is 0. The van der Waals surface area contributed by atoms with Crippen molar-refractivity contribution in [3.63, 3.8) is 0 Å². The van der Waals surface area contributed by atoms with Crippen LogP contribution in [0.2, 0.25) is 0 Å². The van der Waals surface area contributed by atoms with E-state index in [4.69, 9.17) is 4.74 Å². The molecule has 198 valence electrons. The van der Waals surface area contributed by atoms with Gasteiger partial charge in [0.05, 0.1) is 6.61 Å². The van der Waals surface area contributed by atoms with Gasteiger partial charge in [-0.1, -0.05) is 77.7 Å². The van der Waals surface area contributed by atoms with Crippen LogP contribution < -0.4 is 4.74 Å². The average molecular weight is 489 g/mol. The van der Waals surface area contributed by atoms with Gasteiger partial charge in [0.25, 0.3) is 0 Å². The molecule has 3 saturated carbocycles. The molecule has 3 fully saturated rings. The fourth-order valence-electron chi connectivity index (χ4n) is 7.55. The van der Waals surface area contributed by atoms with Crippen molar-refractivity contribution < 1.29 is 13.5 Å². The Bertz CT molecular complexity index is 753. The Morgan fingerprint density at radius 3 is 1.77 bits per heavy atom. The van der Waals surface area contributed by atoms with Crippen LogP contribution in [0.5, 0.6) is 5.75 Å². The number of halogens is 2. The Kier molecular flexibility index (Phi) is 10.3. The van der Waals surface area contributed by atoms with Crippen molar-refractivity contribution in [2.45, 2.75) is 123 Å². The minimum Gasteiger partial charge on any atom is -0.490 e. The second-order valence-corrected chi connectivity index (χ2v) is 12.3. The molecule has 0 heterocycles. The summed E-state index contributed by atoms with van der Waals surface area (Å²) in [7, 11) is 0. The second kappa shape index (κ2) is 13.4. The summed E-state index contributed by atoms with van der Waals surface area (Å²) in [4.78, 5) is 0. The number of hydrogen-bond acceptors (Lipinski definition) is 1. The Morgan fingerprint density at radius 2 is 1.20 bits per heavy atom. The smallest absolute Gasteiger partial charge is 0.200 e. The molecule has 1 aromatic rings. The molecule has 0 N–H and O–H groups in total. The van der Waals surface area contributed by atoms with Crippen molar-refractivity contribution in [1.82, 2.24) is 0 Å². The molecule has 0 unspecified atom stereocenters. The zero-order chi connectivity index (χ0) is 24.6. The van der Waals surface area contributed by atoms with Crippen LogP contribution in [0.25, 0.3) is 0 Å². The molecule has 0 aromatic heterocycles. The lowest BCUT2D eigenvalue weighted by Gasteiger charge is -2.38. The van der Waals surface area contributed by atoms with Gasteiger partial charge in [-0.3, -0.25) is 0 Å². The van der Waals surface area contributed by atoms with Gasteiger partial charge in [0.1, 0.15) is 0 Å². The Labute approximate surface area is 213 Å². The van der Waals surface area contributed by atoms with Crippen LogP contribution in [-0.2, 0) is 6.42 Å². The first-order valence-corrected chi connectivity index (χ1v) is 15.2. The van der Waals surface area contributed by atoms with Gasteiger partial charge in [0.2, 0.25) is 5.82 Å². The maximum absolute atomic E-state index is 14.8. The molecule has 1 aromatic carbocycles. The molecule has 3 aliphatic carbocycles. The van der Waals surface area contributed by atoms with Crippen LogP contribution in [0, 0.1) is 47.1 Å². The summed E-state index contributed by atoms with van der Waals surface area (Å²) in [6, 6.07) is 3.43. The first-order valence-electron chi connectivity index (χ1n) is 15.2. The predicted octanol–water partition coefficient (Wildman–Crippen LogP) is 9.91. The lowest BCUT2D eigenvalue weighted by molar-refractivity contribution is 0.141. The van der Waals surface area contributed by atoms with E-state index in [1.165, 1.54) is 83.5 Å². The minimum absolute atomic E-state index is 0.0954. The predicted molar refractivity (Wildman–Crippen MR) is 142 cm³/mol. The number of benzene rings is 1. The summed E-state index contributed by atoms with van der Waals surface area (Å²) in [6.07, 6.45) is 21.4. The van der Waals surface area contributed by atoms with E-state index >= 15 is 0 Å². The van der Waals surface area contributed by atoms with Crippen molar-refractivity contribution in [2.24, 2.45) is 35.5 Å². The maximum Gasteiger partial charge on any atom is 0.200 e. The minimum atomic E-state index is -0.785. The molecular weight excluding hydrogens is 438 g/mol. The van der Waals surface area contributed by atoms with Crippen LogP contribution >= 0.6 is 0 Å². The largest absolute Gasteiger partial charge is 0.490 e.